The first kappa shape index (κ1) is 15.0. The standard InChI is InChI=1S/C11H12ClN3O3S2/c1-20(17,18)7-6-15-5-4-10(14-15)13-11(16)8-2-3-9(12)19-8/h2-5H,6-7H2,1H3,(H,13,14,16). The maximum Gasteiger partial charge on any atom is 0.266 e. The number of halogens is 1. The van der Waals surface area contributed by atoms with Crippen molar-refractivity contribution in [3.63, 3.8) is 0 Å². The third-order valence-electron chi connectivity index (χ3n) is 2.37. The van der Waals surface area contributed by atoms with Crippen molar-refractivity contribution in [3.05, 3.63) is 33.6 Å². The summed E-state index contributed by atoms with van der Waals surface area (Å²) in [5.41, 5.74) is 0. The molecule has 6 nitrogen and oxygen atoms in total. The summed E-state index contributed by atoms with van der Waals surface area (Å²) in [5, 5.41) is 6.70. The Morgan fingerprint density at radius 2 is 2.20 bits per heavy atom. The predicted molar refractivity (Wildman–Crippen MR) is 79.2 cm³/mol. The van der Waals surface area contributed by atoms with Gasteiger partial charge >= 0.3 is 0 Å². The summed E-state index contributed by atoms with van der Waals surface area (Å²) in [7, 11) is -3.04. The summed E-state index contributed by atoms with van der Waals surface area (Å²) >= 11 is 6.93. The van der Waals surface area contributed by atoms with E-state index in [9.17, 15) is 13.2 Å². The molecule has 0 saturated carbocycles. The molecule has 0 aliphatic carbocycles. The first-order valence-electron chi connectivity index (χ1n) is 5.61. The third kappa shape index (κ3) is 4.32. The van der Waals surface area contributed by atoms with Crippen molar-refractivity contribution < 1.29 is 13.2 Å². The van der Waals surface area contributed by atoms with Crippen LogP contribution in [0.4, 0.5) is 5.82 Å². The van der Waals surface area contributed by atoms with Gasteiger partial charge < -0.3 is 5.32 Å². The normalized spacial score (nSPS) is 11.5. The van der Waals surface area contributed by atoms with Gasteiger partial charge in [0.05, 0.1) is 21.5 Å². The zero-order valence-corrected chi connectivity index (χ0v) is 12.9. The molecule has 0 aromatic carbocycles. The monoisotopic (exact) mass is 333 g/mol. The fourth-order valence-corrected chi connectivity index (χ4v) is 2.88. The smallest absolute Gasteiger partial charge is 0.266 e. The lowest BCUT2D eigenvalue weighted by atomic mass is 10.4. The summed E-state index contributed by atoms with van der Waals surface area (Å²) < 4.78 is 24.1. The van der Waals surface area contributed by atoms with Gasteiger partial charge in [-0.15, -0.1) is 11.3 Å². The molecule has 20 heavy (non-hydrogen) atoms. The topological polar surface area (TPSA) is 81.1 Å². The average molecular weight is 334 g/mol. The summed E-state index contributed by atoms with van der Waals surface area (Å²) in [6.07, 6.45) is 2.78. The van der Waals surface area contributed by atoms with Gasteiger partial charge in [-0.25, -0.2) is 8.42 Å². The molecule has 0 aliphatic heterocycles. The van der Waals surface area contributed by atoms with Crippen molar-refractivity contribution in [3.8, 4) is 0 Å². The average Bonchev–Trinajstić information content (AvgIpc) is 2.95. The van der Waals surface area contributed by atoms with Crippen LogP contribution in [0, 0.1) is 0 Å². The highest BCUT2D eigenvalue weighted by Crippen LogP contribution is 2.22. The van der Waals surface area contributed by atoms with E-state index in [1.165, 1.54) is 22.3 Å². The number of aryl methyl sites for hydroxylation is 1. The molecule has 108 valence electrons. The maximum atomic E-state index is 11.8. The van der Waals surface area contributed by atoms with Crippen molar-refractivity contribution in [1.82, 2.24) is 9.78 Å². The Morgan fingerprint density at radius 1 is 1.45 bits per heavy atom. The Balaban J connectivity index is 1.97. The molecule has 0 fully saturated rings. The lowest BCUT2D eigenvalue weighted by Gasteiger charge is -2.00. The molecule has 1 amide bonds. The number of thiophene rings is 1. The van der Waals surface area contributed by atoms with Gasteiger partial charge in [0.25, 0.3) is 5.91 Å². The van der Waals surface area contributed by atoms with E-state index < -0.39 is 9.84 Å². The molecule has 0 radical (unpaired) electrons. The molecule has 1 N–H and O–H groups in total. The summed E-state index contributed by atoms with van der Waals surface area (Å²) in [4.78, 5) is 12.3. The van der Waals surface area contributed by atoms with Crippen LogP contribution in [0.15, 0.2) is 24.4 Å². The number of carbonyl (C=O) groups excluding carboxylic acids is 1. The molecule has 9 heteroatoms. The number of hydrogen-bond acceptors (Lipinski definition) is 5. The van der Waals surface area contributed by atoms with Crippen LogP contribution in [0.25, 0.3) is 0 Å². The highest BCUT2D eigenvalue weighted by atomic mass is 35.5. The summed E-state index contributed by atoms with van der Waals surface area (Å²) in [6.45, 7) is 0.250. The molecule has 0 bridgehead atoms. The quantitative estimate of drug-likeness (QED) is 0.906. The Labute approximate surface area is 125 Å². The van der Waals surface area contributed by atoms with Crippen LogP contribution < -0.4 is 5.32 Å². The number of amides is 1. The minimum absolute atomic E-state index is 0.00258. The number of anilines is 1. The molecule has 2 rings (SSSR count). The van der Waals surface area contributed by atoms with Gasteiger partial charge in [-0.3, -0.25) is 9.48 Å². The van der Waals surface area contributed by atoms with E-state index in [0.29, 0.717) is 15.0 Å². The van der Waals surface area contributed by atoms with Gasteiger partial charge in [0.15, 0.2) is 5.82 Å². The number of nitrogens with zero attached hydrogens (tertiary/aromatic N) is 2. The van der Waals surface area contributed by atoms with Crippen LogP contribution in [0.3, 0.4) is 0 Å². The van der Waals surface area contributed by atoms with Crippen LogP contribution in [-0.2, 0) is 16.4 Å². The van der Waals surface area contributed by atoms with Crippen LogP contribution in [0.5, 0.6) is 0 Å². The zero-order valence-electron chi connectivity index (χ0n) is 10.5. The first-order valence-corrected chi connectivity index (χ1v) is 8.87. The minimum atomic E-state index is -3.04. The van der Waals surface area contributed by atoms with E-state index >= 15 is 0 Å². The van der Waals surface area contributed by atoms with Gasteiger partial charge in [0, 0.05) is 18.5 Å². The second kappa shape index (κ2) is 5.94. The van der Waals surface area contributed by atoms with Gasteiger partial charge in [-0.1, -0.05) is 11.6 Å². The van der Waals surface area contributed by atoms with Crippen molar-refractivity contribution >= 4 is 44.5 Å². The van der Waals surface area contributed by atoms with Gasteiger partial charge in [0.1, 0.15) is 9.84 Å². The van der Waals surface area contributed by atoms with Crippen molar-refractivity contribution in [2.24, 2.45) is 0 Å². The van der Waals surface area contributed by atoms with E-state index in [-0.39, 0.29) is 18.2 Å². The van der Waals surface area contributed by atoms with E-state index in [4.69, 9.17) is 11.6 Å². The van der Waals surface area contributed by atoms with Crippen molar-refractivity contribution in [1.29, 1.82) is 0 Å². The number of nitrogens with one attached hydrogen (secondary N) is 1. The number of aromatic nitrogens is 2. The van der Waals surface area contributed by atoms with E-state index in [0.717, 1.165) is 0 Å². The van der Waals surface area contributed by atoms with E-state index in [1.807, 2.05) is 0 Å². The highest BCUT2D eigenvalue weighted by Gasteiger charge is 2.11. The molecular weight excluding hydrogens is 322 g/mol. The SMILES string of the molecule is CS(=O)(=O)CCn1ccc(NC(=O)c2ccc(Cl)s2)n1. The van der Waals surface area contributed by atoms with Crippen molar-refractivity contribution in [2.45, 2.75) is 6.54 Å². The van der Waals surface area contributed by atoms with Gasteiger partial charge in [-0.05, 0) is 12.1 Å². The van der Waals surface area contributed by atoms with Gasteiger partial charge in [0.2, 0.25) is 0 Å². The molecule has 0 saturated heterocycles. The molecule has 0 aliphatic rings. The Kier molecular flexibility index (Phi) is 4.46. The first-order chi connectivity index (χ1) is 9.33. The van der Waals surface area contributed by atoms with Crippen LogP contribution in [0.2, 0.25) is 4.34 Å². The molecule has 2 heterocycles. The number of carbonyl (C=O) groups is 1. The molecule has 2 aromatic heterocycles. The molecule has 2 aromatic rings. The second-order valence-corrected chi connectivity index (χ2v) is 8.13. The number of sulfone groups is 1. The zero-order chi connectivity index (χ0) is 14.8. The Hall–Kier alpha value is -1.38. The lowest BCUT2D eigenvalue weighted by Crippen LogP contribution is -2.13. The van der Waals surface area contributed by atoms with Crippen LogP contribution in [0.1, 0.15) is 9.67 Å². The highest BCUT2D eigenvalue weighted by molar-refractivity contribution is 7.90. The number of rotatable bonds is 5. The largest absolute Gasteiger partial charge is 0.304 e. The fourth-order valence-electron chi connectivity index (χ4n) is 1.43. The summed E-state index contributed by atoms with van der Waals surface area (Å²) in [5.74, 6) is 0.0751. The molecular formula is C11H12ClN3O3S2. The fraction of sp³-hybridized carbons (Fsp3) is 0.273. The Bertz CT molecular complexity index is 721. The lowest BCUT2D eigenvalue weighted by molar-refractivity contribution is 0.103. The van der Waals surface area contributed by atoms with E-state index in [1.54, 1.807) is 24.4 Å². The molecule has 0 atom stereocenters. The maximum absolute atomic E-state index is 11.8. The van der Waals surface area contributed by atoms with Crippen molar-refractivity contribution in [2.75, 3.05) is 17.3 Å². The van der Waals surface area contributed by atoms with Crippen LogP contribution >= 0.6 is 22.9 Å². The Morgan fingerprint density at radius 3 is 2.80 bits per heavy atom. The second-order valence-electron chi connectivity index (χ2n) is 4.15. The van der Waals surface area contributed by atoms with Gasteiger partial charge in [-0.2, -0.15) is 5.10 Å². The molecule has 0 unspecified atom stereocenters. The minimum Gasteiger partial charge on any atom is -0.304 e. The molecule has 0 spiro atoms. The summed E-state index contributed by atoms with van der Waals surface area (Å²) in [6, 6.07) is 4.88. The van der Waals surface area contributed by atoms with E-state index in [2.05, 4.69) is 10.4 Å². The number of hydrogen-bond donors (Lipinski definition) is 1. The predicted octanol–water partition coefficient (Wildman–Crippen LogP) is 1.89. The van der Waals surface area contributed by atoms with Crippen LogP contribution in [-0.4, -0.2) is 36.1 Å². The third-order valence-corrected chi connectivity index (χ3v) is 4.52.